The molecule has 0 aromatic heterocycles. The number of halogens is 2. The SMILES string of the molecule is O=C1CC(c2cccc(I)c2)Oc2ccc(Br)cc21. The molecule has 0 amide bonds. The molecule has 1 aliphatic rings. The van der Waals surface area contributed by atoms with Crippen molar-refractivity contribution in [1.29, 1.82) is 0 Å². The van der Waals surface area contributed by atoms with Gasteiger partial charge in [-0.25, -0.2) is 0 Å². The Morgan fingerprint density at radius 3 is 2.84 bits per heavy atom. The maximum atomic E-state index is 12.2. The minimum absolute atomic E-state index is 0.131. The molecule has 0 fully saturated rings. The third-order valence-electron chi connectivity index (χ3n) is 3.10. The Morgan fingerprint density at radius 1 is 1.21 bits per heavy atom. The van der Waals surface area contributed by atoms with E-state index in [1.165, 1.54) is 0 Å². The Balaban J connectivity index is 1.97. The molecule has 0 N–H and O–H groups in total. The Morgan fingerprint density at radius 2 is 2.05 bits per heavy atom. The quantitative estimate of drug-likeness (QED) is 0.612. The molecule has 1 heterocycles. The number of benzene rings is 2. The highest BCUT2D eigenvalue weighted by Crippen LogP contribution is 2.36. The van der Waals surface area contributed by atoms with E-state index < -0.39 is 0 Å². The Hall–Kier alpha value is -0.880. The van der Waals surface area contributed by atoms with E-state index in [1.807, 2.05) is 36.4 Å². The second-order valence-electron chi connectivity index (χ2n) is 4.43. The number of Topliss-reactive ketones (excluding diaryl/α,β-unsaturated/α-hetero) is 1. The number of hydrogen-bond donors (Lipinski definition) is 0. The molecule has 0 bridgehead atoms. The number of carbonyl (C=O) groups excluding carboxylic acids is 1. The predicted molar refractivity (Wildman–Crippen MR) is 85.6 cm³/mol. The van der Waals surface area contributed by atoms with E-state index in [4.69, 9.17) is 4.74 Å². The molecule has 0 saturated carbocycles. The summed E-state index contributed by atoms with van der Waals surface area (Å²) in [4.78, 5) is 12.2. The van der Waals surface area contributed by atoms with Gasteiger partial charge in [0.25, 0.3) is 0 Å². The molecule has 2 aromatic rings. The zero-order valence-corrected chi connectivity index (χ0v) is 13.6. The van der Waals surface area contributed by atoms with Crippen LogP contribution in [0.25, 0.3) is 0 Å². The van der Waals surface area contributed by atoms with Crippen LogP contribution in [0.15, 0.2) is 46.9 Å². The molecule has 2 nitrogen and oxygen atoms in total. The summed E-state index contributed by atoms with van der Waals surface area (Å²) >= 11 is 5.64. The van der Waals surface area contributed by atoms with Gasteiger partial charge in [0.05, 0.1) is 12.0 Å². The number of carbonyl (C=O) groups is 1. The van der Waals surface area contributed by atoms with Gasteiger partial charge in [-0.2, -0.15) is 0 Å². The van der Waals surface area contributed by atoms with Crippen molar-refractivity contribution in [2.45, 2.75) is 12.5 Å². The van der Waals surface area contributed by atoms with Crippen LogP contribution >= 0.6 is 38.5 Å². The van der Waals surface area contributed by atoms with Crippen LogP contribution in [-0.2, 0) is 0 Å². The van der Waals surface area contributed by atoms with E-state index in [1.54, 1.807) is 0 Å². The second-order valence-corrected chi connectivity index (χ2v) is 6.59. The third-order valence-corrected chi connectivity index (χ3v) is 4.27. The summed E-state index contributed by atoms with van der Waals surface area (Å²) in [5.74, 6) is 0.801. The minimum atomic E-state index is -0.184. The van der Waals surface area contributed by atoms with E-state index in [0.29, 0.717) is 17.7 Å². The molecule has 4 heteroatoms. The van der Waals surface area contributed by atoms with Crippen LogP contribution in [0.1, 0.15) is 28.4 Å². The summed E-state index contributed by atoms with van der Waals surface area (Å²) in [6.07, 6.45) is 0.208. The molecule has 3 rings (SSSR count). The van der Waals surface area contributed by atoms with Gasteiger partial charge in [-0.1, -0.05) is 28.1 Å². The van der Waals surface area contributed by atoms with Gasteiger partial charge < -0.3 is 4.74 Å². The zero-order valence-electron chi connectivity index (χ0n) is 9.90. The van der Waals surface area contributed by atoms with Crippen LogP contribution in [0, 0.1) is 3.57 Å². The van der Waals surface area contributed by atoms with Crippen molar-refractivity contribution in [2.24, 2.45) is 0 Å². The highest BCUT2D eigenvalue weighted by atomic mass is 127. The molecule has 0 spiro atoms. The second kappa shape index (κ2) is 5.25. The van der Waals surface area contributed by atoms with Crippen LogP contribution < -0.4 is 4.74 Å². The summed E-state index contributed by atoms with van der Waals surface area (Å²) in [5, 5.41) is 0. The first-order valence-corrected chi connectivity index (χ1v) is 7.75. The Bertz CT molecular complexity index is 654. The molecule has 0 radical (unpaired) electrons. The molecule has 1 aliphatic heterocycles. The number of rotatable bonds is 1. The maximum absolute atomic E-state index is 12.2. The Labute approximate surface area is 133 Å². The lowest BCUT2D eigenvalue weighted by Crippen LogP contribution is -2.20. The van der Waals surface area contributed by atoms with Gasteiger partial charge in [0.2, 0.25) is 0 Å². The van der Waals surface area contributed by atoms with Crippen molar-refractivity contribution in [2.75, 3.05) is 0 Å². The summed E-state index contributed by atoms with van der Waals surface area (Å²) in [5.41, 5.74) is 1.71. The van der Waals surface area contributed by atoms with Crippen LogP contribution in [0.2, 0.25) is 0 Å². The topological polar surface area (TPSA) is 26.3 Å². The van der Waals surface area contributed by atoms with Crippen molar-refractivity contribution in [3.8, 4) is 5.75 Å². The molecule has 0 aliphatic carbocycles. The minimum Gasteiger partial charge on any atom is -0.484 e. The average Bonchev–Trinajstić information content (AvgIpc) is 2.39. The molecule has 1 unspecified atom stereocenters. The lowest BCUT2D eigenvalue weighted by Gasteiger charge is -2.25. The van der Waals surface area contributed by atoms with E-state index in [0.717, 1.165) is 13.6 Å². The van der Waals surface area contributed by atoms with Gasteiger partial charge in [0, 0.05) is 8.04 Å². The zero-order chi connectivity index (χ0) is 13.4. The van der Waals surface area contributed by atoms with Crippen molar-refractivity contribution in [3.63, 3.8) is 0 Å². The Kier molecular flexibility index (Phi) is 3.62. The third kappa shape index (κ3) is 2.69. The van der Waals surface area contributed by atoms with Gasteiger partial charge in [-0.15, -0.1) is 0 Å². The van der Waals surface area contributed by atoms with Crippen LogP contribution in [0.5, 0.6) is 5.75 Å². The first kappa shape index (κ1) is 13.1. The van der Waals surface area contributed by atoms with Crippen LogP contribution in [-0.4, -0.2) is 5.78 Å². The van der Waals surface area contributed by atoms with Crippen LogP contribution in [0.3, 0.4) is 0 Å². The van der Waals surface area contributed by atoms with Gasteiger partial charge in [0.15, 0.2) is 5.78 Å². The summed E-state index contributed by atoms with van der Waals surface area (Å²) in [7, 11) is 0. The largest absolute Gasteiger partial charge is 0.484 e. The maximum Gasteiger partial charge on any atom is 0.170 e. The van der Waals surface area contributed by atoms with Gasteiger partial charge in [-0.3, -0.25) is 4.79 Å². The lowest BCUT2D eigenvalue weighted by molar-refractivity contribution is 0.0850. The van der Waals surface area contributed by atoms with Crippen LogP contribution in [0.4, 0.5) is 0 Å². The fourth-order valence-corrected chi connectivity index (χ4v) is 3.12. The predicted octanol–water partition coefficient (Wildman–Crippen LogP) is 4.76. The van der Waals surface area contributed by atoms with Crippen molar-refractivity contribution in [3.05, 3.63) is 61.6 Å². The molecule has 0 saturated heterocycles. The molecule has 96 valence electrons. The fraction of sp³-hybridized carbons (Fsp3) is 0.133. The lowest BCUT2D eigenvalue weighted by atomic mass is 9.96. The van der Waals surface area contributed by atoms with E-state index in [2.05, 4.69) is 44.6 Å². The molecular formula is C15H10BrIO2. The van der Waals surface area contributed by atoms with E-state index in [9.17, 15) is 4.79 Å². The first-order valence-electron chi connectivity index (χ1n) is 5.88. The smallest absolute Gasteiger partial charge is 0.170 e. The normalized spacial score (nSPS) is 17.8. The standard InChI is InChI=1S/C15H10BrIO2/c16-10-4-5-14-12(7-10)13(18)8-15(19-14)9-2-1-3-11(17)6-9/h1-7,15H,8H2. The molecule has 2 aromatic carbocycles. The van der Waals surface area contributed by atoms with Crippen molar-refractivity contribution < 1.29 is 9.53 Å². The fourth-order valence-electron chi connectivity index (χ4n) is 2.19. The van der Waals surface area contributed by atoms with Gasteiger partial charge in [-0.05, 0) is 58.5 Å². The number of fused-ring (bicyclic) bond motifs is 1. The molecular weight excluding hydrogens is 419 g/mol. The molecule has 1 atom stereocenters. The van der Waals surface area contributed by atoms with Crippen molar-refractivity contribution >= 4 is 44.3 Å². The highest BCUT2D eigenvalue weighted by Gasteiger charge is 2.27. The number of hydrogen-bond acceptors (Lipinski definition) is 2. The summed E-state index contributed by atoms with van der Waals surface area (Å²) < 4.78 is 8.00. The first-order chi connectivity index (χ1) is 9.13. The number of ketones is 1. The highest BCUT2D eigenvalue weighted by molar-refractivity contribution is 14.1. The summed E-state index contributed by atoms with van der Waals surface area (Å²) in [6.45, 7) is 0. The molecule has 19 heavy (non-hydrogen) atoms. The summed E-state index contributed by atoms with van der Waals surface area (Å²) in [6, 6.07) is 13.6. The van der Waals surface area contributed by atoms with E-state index >= 15 is 0 Å². The van der Waals surface area contributed by atoms with Crippen molar-refractivity contribution in [1.82, 2.24) is 0 Å². The number of ether oxygens (including phenoxy) is 1. The monoisotopic (exact) mass is 428 g/mol. The van der Waals surface area contributed by atoms with Gasteiger partial charge >= 0.3 is 0 Å². The van der Waals surface area contributed by atoms with Gasteiger partial charge in [0.1, 0.15) is 11.9 Å². The van der Waals surface area contributed by atoms with E-state index in [-0.39, 0.29) is 11.9 Å². The average molecular weight is 429 g/mol.